The van der Waals surface area contributed by atoms with E-state index in [1.807, 2.05) is 42.5 Å². The molecule has 0 aliphatic carbocycles. The molecule has 6 heteroatoms. The highest BCUT2D eigenvalue weighted by atomic mass is 16.5. The Morgan fingerprint density at radius 2 is 2.04 bits per heavy atom. The maximum Gasteiger partial charge on any atom is 0.307 e. The van der Waals surface area contributed by atoms with Crippen LogP contribution in [0.2, 0.25) is 0 Å². The minimum absolute atomic E-state index is 0.0399. The number of morpholine rings is 1. The van der Waals surface area contributed by atoms with E-state index in [9.17, 15) is 9.59 Å². The molecule has 26 heavy (non-hydrogen) atoms. The van der Waals surface area contributed by atoms with Gasteiger partial charge in [0.15, 0.2) is 0 Å². The van der Waals surface area contributed by atoms with Gasteiger partial charge in [0.05, 0.1) is 32.8 Å². The van der Waals surface area contributed by atoms with Crippen LogP contribution in [0, 0.1) is 0 Å². The number of carbonyl (C=O) groups excluding carboxylic acids is 2. The minimum Gasteiger partial charge on any atom is -0.469 e. The van der Waals surface area contributed by atoms with Crippen LogP contribution in [0.1, 0.15) is 18.5 Å². The van der Waals surface area contributed by atoms with E-state index in [2.05, 4.69) is 4.98 Å². The first-order valence-corrected chi connectivity index (χ1v) is 8.84. The SMILES string of the molecule is COC(=O)C[C@@H]1COCCN1C(=O)CCc1ccc(-c2ccccc2)[nH]1. The van der Waals surface area contributed by atoms with Crippen molar-refractivity contribution in [1.29, 1.82) is 0 Å². The van der Waals surface area contributed by atoms with Crippen molar-refractivity contribution in [3.63, 3.8) is 0 Å². The first-order valence-electron chi connectivity index (χ1n) is 8.84. The molecule has 3 rings (SSSR count). The molecule has 0 bridgehead atoms. The molecule has 1 aromatic heterocycles. The molecule has 1 fully saturated rings. The van der Waals surface area contributed by atoms with E-state index in [0.29, 0.717) is 32.6 Å². The number of amides is 1. The number of esters is 1. The van der Waals surface area contributed by atoms with Crippen molar-refractivity contribution >= 4 is 11.9 Å². The van der Waals surface area contributed by atoms with Gasteiger partial charge < -0.3 is 19.4 Å². The molecule has 0 spiro atoms. The highest BCUT2D eigenvalue weighted by molar-refractivity contribution is 5.78. The molecular formula is C20H24N2O4. The number of benzene rings is 1. The van der Waals surface area contributed by atoms with Gasteiger partial charge in [-0.25, -0.2) is 0 Å². The van der Waals surface area contributed by atoms with Crippen LogP contribution in [0.4, 0.5) is 0 Å². The van der Waals surface area contributed by atoms with Crippen LogP contribution < -0.4 is 0 Å². The number of aromatic nitrogens is 1. The zero-order valence-electron chi connectivity index (χ0n) is 14.9. The molecule has 1 amide bonds. The lowest BCUT2D eigenvalue weighted by Crippen LogP contribution is -2.49. The van der Waals surface area contributed by atoms with Crippen LogP contribution in [0.25, 0.3) is 11.3 Å². The summed E-state index contributed by atoms with van der Waals surface area (Å²) in [6.07, 6.45) is 1.20. The van der Waals surface area contributed by atoms with Gasteiger partial charge in [-0.15, -0.1) is 0 Å². The molecule has 138 valence electrons. The highest BCUT2D eigenvalue weighted by Gasteiger charge is 2.29. The molecule has 2 aromatic rings. The number of carbonyl (C=O) groups is 2. The zero-order chi connectivity index (χ0) is 18.4. The fourth-order valence-corrected chi connectivity index (χ4v) is 3.19. The Morgan fingerprint density at radius 3 is 2.81 bits per heavy atom. The lowest BCUT2D eigenvalue weighted by molar-refractivity contribution is -0.148. The van der Waals surface area contributed by atoms with Crippen molar-refractivity contribution < 1.29 is 19.1 Å². The summed E-state index contributed by atoms with van der Waals surface area (Å²) in [6, 6.07) is 13.9. The van der Waals surface area contributed by atoms with Crippen LogP contribution >= 0.6 is 0 Å². The van der Waals surface area contributed by atoms with Gasteiger partial charge in [-0.1, -0.05) is 30.3 Å². The number of ether oxygens (including phenoxy) is 2. The third kappa shape index (κ3) is 4.52. The second kappa shape index (κ2) is 8.67. The van der Waals surface area contributed by atoms with Crippen molar-refractivity contribution in [2.75, 3.05) is 26.9 Å². The summed E-state index contributed by atoms with van der Waals surface area (Å²) in [4.78, 5) is 29.3. The van der Waals surface area contributed by atoms with Gasteiger partial charge in [-0.2, -0.15) is 0 Å². The quantitative estimate of drug-likeness (QED) is 0.807. The van der Waals surface area contributed by atoms with Gasteiger partial charge in [-0.3, -0.25) is 9.59 Å². The molecule has 0 unspecified atom stereocenters. The minimum atomic E-state index is -0.324. The number of nitrogens with one attached hydrogen (secondary N) is 1. The van der Waals surface area contributed by atoms with E-state index in [-0.39, 0.29) is 24.3 Å². The summed E-state index contributed by atoms with van der Waals surface area (Å²) >= 11 is 0. The molecule has 1 aromatic carbocycles. The number of hydrogen-bond donors (Lipinski definition) is 1. The lowest BCUT2D eigenvalue weighted by Gasteiger charge is -2.35. The number of hydrogen-bond acceptors (Lipinski definition) is 4. The normalized spacial score (nSPS) is 17.1. The third-order valence-electron chi connectivity index (χ3n) is 4.62. The van der Waals surface area contributed by atoms with Gasteiger partial charge in [0.25, 0.3) is 0 Å². The highest BCUT2D eigenvalue weighted by Crippen LogP contribution is 2.19. The van der Waals surface area contributed by atoms with Crippen LogP contribution in [0.15, 0.2) is 42.5 Å². The van der Waals surface area contributed by atoms with Gasteiger partial charge in [0.1, 0.15) is 0 Å². The Morgan fingerprint density at radius 1 is 1.23 bits per heavy atom. The molecule has 0 saturated carbocycles. The molecule has 1 saturated heterocycles. The molecule has 1 N–H and O–H groups in total. The van der Waals surface area contributed by atoms with Gasteiger partial charge >= 0.3 is 5.97 Å². The second-order valence-electron chi connectivity index (χ2n) is 6.36. The summed E-state index contributed by atoms with van der Waals surface area (Å²) in [6.45, 7) is 1.39. The molecule has 6 nitrogen and oxygen atoms in total. The Bertz CT molecular complexity index is 741. The molecule has 1 aliphatic heterocycles. The first kappa shape index (κ1) is 18.2. The number of H-pyrrole nitrogens is 1. The van der Waals surface area contributed by atoms with E-state index in [0.717, 1.165) is 17.0 Å². The number of aryl methyl sites for hydroxylation is 1. The summed E-state index contributed by atoms with van der Waals surface area (Å²) < 4.78 is 10.1. The largest absolute Gasteiger partial charge is 0.469 e. The summed E-state index contributed by atoms with van der Waals surface area (Å²) in [7, 11) is 1.35. The van der Waals surface area contributed by atoms with Crippen LogP contribution in [0.5, 0.6) is 0 Å². The Labute approximate surface area is 153 Å². The summed E-state index contributed by atoms with van der Waals surface area (Å²) in [5.74, 6) is -0.284. The van der Waals surface area contributed by atoms with Crippen molar-refractivity contribution in [2.45, 2.75) is 25.3 Å². The first-order chi connectivity index (χ1) is 12.7. The number of aromatic amines is 1. The van der Waals surface area contributed by atoms with Crippen LogP contribution in [0.3, 0.4) is 0 Å². The van der Waals surface area contributed by atoms with Crippen molar-refractivity contribution in [2.24, 2.45) is 0 Å². The van der Waals surface area contributed by atoms with E-state index >= 15 is 0 Å². The Kier molecular flexibility index (Phi) is 6.07. The Hall–Kier alpha value is -2.60. The average Bonchev–Trinajstić information content (AvgIpc) is 3.16. The fourth-order valence-electron chi connectivity index (χ4n) is 3.19. The Balaban J connectivity index is 1.57. The van der Waals surface area contributed by atoms with Crippen LogP contribution in [-0.2, 0) is 25.5 Å². The molecule has 1 atom stereocenters. The molecule has 1 aliphatic rings. The van der Waals surface area contributed by atoms with Crippen molar-refractivity contribution in [3.05, 3.63) is 48.2 Å². The smallest absolute Gasteiger partial charge is 0.307 e. The molecular weight excluding hydrogens is 332 g/mol. The van der Waals surface area contributed by atoms with Gasteiger partial charge in [-0.05, 0) is 24.1 Å². The zero-order valence-corrected chi connectivity index (χ0v) is 14.9. The maximum absolute atomic E-state index is 12.6. The number of rotatable bonds is 6. The lowest BCUT2D eigenvalue weighted by atomic mass is 10.1. The van der Waals surface area contributed by atoms with Crippen molar-refractivity contribution in [1.82, 2.24) is 9.88 Å². The monoisotopic (exact) mass is 356 g/mol. The average molecular weight is 356 g/mol. The topological polar surface area (TPSA) is 71.6 Å². The van der Waals surface area contributed by atoms with E-state index < -0.39 is 0 Å². The molecule has 0 radical (unpaired) electrons. The van der Waals surface area contributed by atoms with E-state index in [4.69, 9.17) is 9.47 Å². The van der Waals surface area contributed by atoms with Gasteiger partial charge in [0.2, 0.25) is 5.91 Å². The maximum atomic E-state index is 12.6. The van der Waals surface area contributed by atoms with Gasteiger partial charge in [0, 0.05) is 24.4 Å². The third-order valence-corrected chi connectivity index (χ3v) is 4.62. The number of nitrogens with zero attached hydrogens (tertiary/aromatic N) is 1. The standard InChI is InChI=1S/C20H24N2O4/c1-25-20(24)13-17-14-26-12-11-22(17)19(23)10-8-16-7-9-18(21-16)15-5-3-2-4-6-15/h2-7,9,17,21H,8,10-14H2,1H3/t17-/m1/s1. The number of methoxy groups -OCH3 is 1. The van der Waals surface area contributed by atoms with E-state index in [1.165, 1.54) is 7.11 Å². The van der Waals surface area contributed by atoms with Crippen molar-refractivity contribution in [3.8, 4) is 11.3 Å². The summed E-state index contributed by atoms with van der Waals surface area (Å²) in [5.41, 5.74) is 3.19. The predicted octanol–water partition coefficient (Wildman–Crippen LogP) is 2.40. The predicted molar refractivity (Wildman–Crippen MR) is 97.5 cm³/mol. The molecule has 2 heterocycles. The van der Waals surface area contributed by atoms with E-state index in [1.54, 1.807) is 4.90 Å². The fraction of sp³-hybridized carbons (Fsp3) is 0.400. The van der Waals surface area contributed by atoms with Crippen LogP contribution in [-0.4, -0.2) is 54.7 Å². The summed E-state index contributed by atoms with van der Waals surface area (Å²) in [5, 5.41) is 0. The second-order valence-corrected chi connectivity index (χ2v) is 6.36.